The fraction of sp³-hybridized carbons (Fsp3) is 0.364. The van der Waals surface area contributed by atoms with Gasteiger partial charge in [0.2, 0.25) is 5.75 Å². The summed E-state index contributed by atoms with van der Waals surface area (Å²) in [5, 5.41) is 13.2. The van der Waals surface area contributed by atoms with Gasteiger partial charge in [0.25, 0.3) is 0 Å². The summed E-state index contributed by atoms with van der Waals surface area (Å²) < 4.78 is 14.7. The molecule has 8 nitrogen and oxygen atoms in total. The van der Waals surface area contributed by atoms with Crippen LogP contribution in [0.3, 0.4) is 0 Å². The molecule has 1 aromatic rings. The SMILES string of the molecule is CCOC(=O)Nc1c(OC)cc(Cl)c([N+](=O)[O-])c1OC. The third-order valence-electron chi connectivity index (χ3n) is 2.28. The van der Waals surface area contributed by atoms with E-state index in [9.17, 15) is 14.9 Å². The summed E-state index contributed by atoms with van der Waals surface area (Å²) in [4.78, 5) is 21.8. The molecule has 1 rings (SSSR count). The first-order chi connectivity index (χ1) is 9.46. The van der Waals surface area contributed by atoms with Crippen molar-refractivity contribution in [2.75, 3.05) is 26.1 Å². The minimum Gasteiger partial charge on any atom is -0.494 e. The van der Waals surface area contributed by atoms with Gasteiger partial charge in [-0.3, -0.25) is 15.4 Å². The van der Waals surface area contributed by atoms with Crippen molar-refractivity contribution in [1.82, 2.24) is 0 Å². The Morgan fingerprint density at radius 1 is 1.45 bits per heavy atom. The molecule has 1 amide bonds. The van der Waals surface area contributed by atoms with Gasteiger partial charge in [0.1, 0.15) is 16.5 Å². The summed E-state index contributed by atoms with van der Waals surface area (Å²) in [6.07, 6.45) is -0.791. The normalized spacial score (nSPS) is 9.80. The van der Waals surface area contributed by atoms with Gasteiger partial charge >= 0.3 is 11.8 Å². The Hall–Kier alpha value is -2.22. The van der Waals surface area contributed by atoms with E-state index >= 15 is 0 Å². The molecule has 20 heavy (non-hydrogen) atoms. The maximum atomic E-state index is 11.5. The molecule has 110 valence electrons. The molecule has 1 N–H and O–H groups in total. The number of nitrogens with one attached hydrogen (secondary N) is 1. The lowest BCUT2D eigenvalue weighted by molar-refractivity contribution is -0.385. The average Bonchev–Trinajstić information content (AvgIpc) is 2.39. The Balaban J connectivity index is 3.41. The largest absolute Gasteiger partial charge is 0.494 e. The molecule has 0 heterocycles. The van der Waals surface area contributed by atoms with Gasteiger partial charge in [-0.05, 0) is 6.92 Å². The van der Waals surface area contributed by atoms with Crippen LogP contribution in [0.2, 0.25) is 5.02 Å². The molecule has 0 saturated carbocycles. The molecule has 0 unspecified atom stereocenters. The molecule has 0 aliphatic heterocycles. The van der Waals surface area contributed by atoms with Crippen molar-refractivity contribution in [2.24, 2.45) is 0 Å². The molecule has 0 radical (unpaired) electrons. The zero-order valence-corrected chi connectivity index (χ0v) is 11.8. The summed E-state index contributed by atoms with van der Waals surface area (Å²) in [6, 6.07) is 1.21. The maximum absolute atomic E-state index is 11.5. The van der Waals surface area contributed by atoms with Crippen LogP contribution in [0.15, 0.2) is 6.07 Å². The van der Waals surface area contributed by atoms with Gasteiger partial charge in [-0.2, -0.15) is 0 Å². The average molecular weight is 305 g/mol. The molecule has 0 bridgehead atoms. The number of nitro groups is 1. The number of halogens is 1. The van der Waals surface area contributed by atoms with Crippen molar-refractivity contribution in [3.05, 3.63) is 21.2 Å². The number of rotatable bonds is 5. The van der Waals surface area contributed by atoms with E-state index < -0.39 is 16.7 Å². The number of hydrogen-bond donors (Lipinski definition) is 1. The van der Waals surface area contributed by atoms with E-state index in [1.807, 2.05) is 0 Å². The number of benzene rings is 1. The highest BCUT2D eigenvalue weighted by Crippen LogP contribution is 2.46. The van der Waals surface area contributed by atoms with Gasteiger partial charge in [0.05, 0.1) is 25.7 Å². The molecule has 0 aliphatic rings. The lowest BCUT2D eigenvalue weighted by atomic mass is 10.2. The highest BCUT2D eigenvalue weighted by atomic mass is 35.5. The maximum Gasteiger partial charge on any atom is 0.411 e. The first kappa shape index (κ1) is 15.8. The topological polar surface area (TPSA) is 99.9 Å². The fourth-order valence-electron chi connectivity index (χ4n) is 1.51. The molecule has 0 spiro atoms. The second-order valence-corrected chi connectivity index (χ2v) is 3.83. The number of ether oxygens (including phenoxy) is 3. The number of carbonyl (C=O) groups is 1. The van der Waals surface area contributed by atoms with E-state index in [1.165, 1.54) is 20.3 Å². The Morgan fingerprint density at radius 3 is 2.55 bits per heavy atom. The number of nitrogens with zero attached hydrogens (tertiary/aromatic N) is 1. The van der Waals surface area contributed by atoms with Crippen LogP contribution in [0.25, 0.3) is 0 Å². The van der Waals surface area contributed by atoms with Crippen LogP contribution in [0.5, 0.6) is 11.5 Å². The van der Waals surface area contributed by atoms with Crippen molar-refractivity contribution in [3.8, 4) is 11.5 Å². The highest BCUT2D eigenvalue weighted by molar-refractivity contribution is 6.33. The van der Waals surface area contributed by atoms with Crippen molar-refractivity contribution < 1.29 is 23.9 Å². The fourth-order valence-corrected chi connectivity index (χ4v) is 1.77. The predicted octanol–water partition coefficient (Wildman–Crippen LogP) is 2.83. The first-order valence-corrected chi connectivity index (χ1v) is 5.86. The monoisotopic (exact) mass is 304 g/mol. The Kier molecular flexibility index (Phi) is 5.39. The van der Waals surface area contributed by atoms with Gasteiger partial charge in [-0.1, -0.05) is 11.6 Å². The van der Waals surface area contributed by atoms with Gasteiger partial charge in [0, 0.05) is 6.07 Å². The second-order valence-electron chi connectivity index (χ2n) is 3.42. The molecule has 0 aliphatic carbocycles. The number of amides is 1. The summed E-state index contributed by atoms with van der Waals surface area (Å²) in [5.74, 6) is -0.0992. The quantitative estimate of drug-likeness (QED) is 0.663. The van der Waals surface area contributed by atoms with Crippen molar-refractivity contribution in [1.29, 1.82) is 0 Å². The van der Waals surface area contributed by atoms with Gasteiger partial charge in [-0.25, -0.2) is 4.79 Å². The number of anilines is 1. The van der Waals surface area contributed by atoms with E-state index in [0.717, 1.165) is 0 Å². The zero-order chi connectivity index (χ0) is 15.3. The van der Waals surface area contributed by atoms with E-state index in [1.54, 1.807) is 6.92 Å². The molecular formula is C11H13ClN2O6. The van der Waals surface area contributed by atoms with E-state index in [4.69, 9.17) is 25.8 Å². The Morgan fingerprint density at radius 2 is 2.10 bits per heavy atom. The van der Waals surface area contributed by atoms with E-state index in [0.29, 0.717) is 0 Å². The number of methoxy groups -OCH3 is 2. The van der Waals surface area contributed by atoms with Crippen LogP contribution < -0.4 is 14.8 Å². The van der Waals surface area contributed by atoms with Crippen LogP contribution in [-0.4, -0.2) is 31.8 Å². The lowest BCUT2D eigenvalue weighted by Crippen LogP contribution is -2.15. The van der Waals surface area contributed by atoms with Gasteiger partial charge in [0.15, 0.2) is 0 Å². The van der Waals surface area contributed by atoms with Crippen molar-refractivity contribution in [2.45, 2.75) is 6.92 Å². The molecule has 0 fully saturated rings. The standard InChI is InChI=1S/C11H13ClN2O6/c1-4-20-11(15)13-8-7(18-2)5-6(12)9(14(16)17)10(8)19-3/h5H,4H2,1-3H3,(H,13,15). The molecule has 9 heteroatoms. The van der Waals surface area contributed by atoms with Gasteiger partial charge in [-0.15, -0.1) is 0 Å². The molecule has 0 aromatic heterocycles. The third-order valence-corrected chi connectivity index (χ3v) is 2.57. The van der Waals surface area contributed by atoms with E-state index in [2.05, 4.69) is 5.32 Å². The molecule has 0 saturated heterocycles. The Labute approximate surface area is 119 Å². The highest BCUT2D eigenvalue weighted by Gasteiger charge is 2.28. The van der Waals surface area contributed by atoms with E-state index in [-0.39, 0.29) is 28.8 Å². The summed E-state index contributed by atoms with van der Waals surface area (Å²) in [6.45, 7) is 1.77. The summed E-state index contributed by atoms with van der Waals surface area (Å²) in [7, 11) is 2.54. The number of hydrogen-bond acceptors (Lipinski definition) is 6. The predicted molar refractivity (Wildman–Crippen MR) is 71.9 cm³/mol. The number of carbonyl (C=O) groups excluding carboxylic acids is 1. The van der Waals surface area contributed by atoms with Gasteiger partial charge < -0.3 is 14.2 Å². The summed E-state index contributed by atoms with van der Waals surface area (Å²) in [5.41, 5.74) is -0.494. The van der Waals surface area contributed by atoms with Crippen LogP contribution in [0, 0.1) is 10.1 Å². The van der Waals surface area contributed by atoms with Crippen molar-refractivity contribution in [3.63, 3.8) is 0 Å². The molecular weight excluding hydrogens is 292 g/mol. The smallest absolute Gasteiger partial charge is 0.411 e. The van der Waals surface area contributed by atoms with Crippen LogP contribution in [0.1, 0.15) is 6.92 Å². The van der Waals surface area contributed by atoms with Crippen molar-refractivity contribution >= 4 is 29.1 Å². The summed E-state index contributed by atoms with van der Waals surface area (Å²) >= 11 is 5.81. The minimum atomic E-state index is -0.791. The number of nitro benzene ring substituents is 1. The molecule has 1 aromatic carbocycles. The minimum absolute atomic E-state index is 0.0236. The van der Waals surface area contributed by atoms with Crippen LogP contribution >= 0.6 is 11.6 Å². The third kappa shape index (κ3) is 3.21. The second kappa shape index (κ2) is 6.80. The van der Waals surface area contributed by atoms with Crippen LogP contribution in [0.4, 0.5) is 16.2 Å². The Bertz CT molecular complexity index is 534. The zero-order valence-electron chi connectivity index (χ0n) is 11.1. The lowest BCUT2D eigenvalue weighted by Gasteiger charge is -2.14. The first-order valence-electron chi connectivity index (χ1n) is 5.48. The van der Waals surface area contributed by atoms with Crippen LogP contribution in [-0.2, 0) is 4.74 Å². The molecule has 0 atom stereocenters.